The van der Waals surface area contributed by atoms with Gasteiger partial charge in [0, 0.05) is 22.7 Å². The molecule has 2 rings (SSSR count). The van der Waals surface area contributed by atoms with Crippen LogP contribution in [0.25, 0.3) is 0 Å². The third kappa shape index (κ3) is 2.83. The maximum absolute atomic E-state index is 11.7. The number of aliphatic hydroxyl groups excluding tert-OH is 1. The molecule has 1 fully saturated rings. The average Bonchev–Trinajstić information content (AvgIpc) is 2.59. The maximum Gasteiger partial charge on any atom is 0.327 e. The number of carbonyl (C=O) groups is 2. The van der Waals surface area contributed by atoms with E-state index in [4.69, 9.17) is 23.2 Å². The second kappa shape index (κ2) is 5.36. The quantitative estimate of drug-likeness (QED) is 0.868. The van der Waals surface area contributed by atoms with Crippen molar-refractivity contribution in [2.75, 3.05) is 20.1 Å². The first-order valence-corrected chi connectivity index (χ1v) is 6.34. The molecule has 3 amide bonds. The summed E-state index contributed by atoms with van der Waals surface area (Å²) in [6.07, 6.45) is -1.06. The van der Waals surface area contributed by atoms with Crippen molar-refractivity contribution in [2.45, 2.75) is 6.10 Å². The Bertz CT molecular complexity index is 536. The van der Waals surface area contributed by atoms with Gasteiger partial charge in [-0.15, -0.1) is 0 Å². The van der Waals surface area contributed by atoms with Crippen LogP contribution in [-0.4, -0.2) is 47.0 Å². The molecule has 1 aliphatic rings. The normalized spacial score (nSPS) is 17.3. The number of hydrogen-bond acceptors (Lipinski definition) is 3. The highest BCUT2D eigenvalue weighted by Gasteiger charge is 2.35. The number of amides is 3. The summed E-state index contributed by atoms with van der Waals surface area (Å²) < 4.78 is 0. The number of imide groups is 1. The summed E-state index contributed by atoms with van der Waals surface area (Å²) in [7, 11) is 1.53. The molecular weight excluding hydrogens is 291 g/mol. The Morgan fingerprint density at radius 3 is 2.63 bits per heavy atom. The van der Waals surface area contributed by atoms with Gasteiger partial charge in [-0.3, -0.25) is 9.69 Å². The molecule has 1 N–H and O–H groups in total. The molecule has 1 aliphatic heterocycles. The standard InChI is InChI=1S/C12H12Cl2N2O3/c1-15-6-11(18)16(12(15)19)5-10(17)8-4-7(13)2-3-9(8)14/h2-4,10,17H,5-6H2,1H3/t10-/m0/s1. The molecule has 102 valence electrons. The predicted molar refractivity (Wildman–Crippen MR) is 71.2 cm³/mol. The van der Waals surface area contributed by atoms with Crippen molar-refractivity contribution in [3.8, 4) is 0 Å². The van der Waals surface area contributed by atoms with Gasteiger partial charge < -0.3 is 10.0 Å². The average molecular weight is 303 g/mol. The lowest BCUT2D eigenvalue weighted by atomic mass is 10.1. The molecule has 19 heavy (non-hydrogen) atoms. The highest BCUT2D eigenvalue weighted by Crippen LogP contribution is 2.27. The maximum atomic E-state index is 11.7. The monoisotopic (exact) mass is 302 g/mol. The fourth-order valence-electron chi connectivity index (χ4n) is 1.89. The Morgan fingerprint density at radius 2 is 2.05 bits per heavy atom. The molecule has 1 saturated heterocycles. The van der Waals surface area contributed by atoms with Crippen molar-refractivity contribution in [1.82, 2.24) is 9.80 Å². The number of carbonyl (C=O) groups excluding carboxylic acids is 2. The van der Waals surface area contributed by atoms with Crippen LogP contribution in [-0.2, 0) is 4.79 Å². The zero-order chi connectivity index (χ0) is 14.2. The van der Waals surface area contributed by atoms with E-state index in [1.165, 1.54) is 18.0 Å². The van der Waals surface area contributed by atoms with Gasteiger partial charge in [-0.1, -0.05) is 23.2 Å². The van der Waals surface area contributed by atoms with Crippen LogP contribution in [0.2, 0.25) is 10.0 Å². The number of halogens is 2. The van der Waals surface area contributed by atoms with Crippen LogP contribution in [0.4, 0.5) is 4.79 Å². The van der Waals surface area contributed by atoms with E-state index in [0.717, 1.165) is 4.90 Å². The smallest absolute Gasteiger partial charge is 0.327 e. The lowest BCUT2D eigenvalue weighted by Crippen LogP contribution is -2.35. The van der Waals surface area contributed by atoms with Crippen molar-refractivity contribution in [3.05, 3.63) is 33.8 Å². The lowest BCUT2D eigenvalue weighted by Gasteiger charge is -2.19. The molecular formula is C12H12Cl2N2O3. The molecule has 7 heteroatoms. The topological polar surface area (TPSA) is 60.9 Å². The predicted octanol–water partition coefficient (Wildman–Crippen LogP) is 1.92. The molecule has 0 aromatic heterocycles. The molecule has 0 unspecified atom stereocenters. The SMILES string of the molecule is CN1CC(=O)N(C[C@H](O)c2cc(Cl)ccc2Cl)C1=O. The largest absolute Gasteiger partial charge is 0.386 e. The number of hydrogen-bond donors (Lipinski definition) is 1. The third-order valence-corrected chi connectivity index (χ3v) is 3.48. The molecule has 1 heterocycles. The highest BCUT2D eigenvalue weighted by molar-refractivity contribution is 6.33. The van der Waals surface area contributed by atoms with Crippen molar-refractivity contribution in [1.29, 1.82) is 0 Å². The Balaban J connectivity index is 2.17. The van der Waals surface area contributed by atoms with E-state index in [9.17, 15) is 14.7 Å². The number of benzene rings is 1. The van der Waals surface area contributed by atoms with Gasteiger partial charge in [0.25, 0.3) is 0 Å². The summed E-state index contributed by atoms with van der Waals surface area (Å²) >= 11 is 11.8. The Morgan fingerprint density at radius 1 is 1.37 bits per heavy atom. The van der Waals surface area contributed by atoms with Gasteiger partial charge in [0.05, 0.1) is 12.6 Å². The number of β-amino-alcohol motifs (C(OH)–C–C–N with tert-alkyl or cyclic N) is 1. The van der Waals surface area contributed by atoms with Crippen molar-refractivity contribution in [2.24, 2.45) is 0 Å². The number of nitrogens with zero attached hydrogens (tertiary/aromatic N) is 2. The first kappa shape index (κ1) is 14.1. The molecule has 0 radical (unpaired) electrons. The minimum absolute atomic E-state index is 0.0227. The molecule has 0 bridgehead atoms. The van der Waals surface area contributed by atoms with E-state index in [2.05, 4.69) is 0 Å². The fourth-order valence-corrected chi connectivity index (χ4v) is 2.31. The van der Waals surface area contributed by atoms with Crippen LogP contribution < -0.4 is 0 Å². The van der Waals surface area contributed by atoms with E-state index >= 15 is 0 Å². The summed E-state index contributed by atoms with van der Waals surface area (Å²) in [4.78, 5) is 25.6. The zero-order valence-corrected chi connectivity index (χ0v) is 11.6. The van der Waals surface area contributed by atoms with Crippen LogP contribution in [0, 0.1) is 0 Å². The Kier molecular flexibility index (Phi) is 3.99. The van der Waals surface area contributed by atoms with E-state index < -0.39 is 12.1 Å². The first-order valence-electron chi connectivity index (χ1n) is 5.58. The summed E-state index contributed by atoms with van der Waals surface area (Å²) in [5.74, 6) is -0.343. The second-order valence-electron chi connectivity index (χ2n) is 4.32. The Labute approximate surface area is 120 Å². The minimum atomic E-state index is -1.06. The summed E-state index contributed by atoms with van der Waals surface area (Å²) in [6, 6.07) is 4.24. The van der Waals surface area contributed by atoms with Crippen LogP contribution in [0.3, 0.4) is 0 Å². The number of urea groups is 1. The Hall–Kier alpha value is -1.30. The minimum Gasteiger partial charge on any atom is -0.386 e. The molecule has 0 saturated carbocycles. The number of rotatable bonds is 3. The van der Waals surface area contributed by atoms with Gasteiger partial charge in [0.1, 0.15) is 6.54 Å². The summed E-state index contributed by atoms with van der Waals surface area (Å²) in [5.41, 5.74) is 0.393. The van der Waals surface area contributed by atoms with Crippen LogP contribution >= 0.6 is 23.2 Å². The van der Waals surface area contributed by atoms with Crippen molar-refractivity contribution < 1.29 is 14.7 Å². The number of likely N-dealkylation sites (N-methyl/N-ethyl adjacent to an activating group) is 1. The summed E-state index contributed by atoms with van der Waals surface area (Å²) in [5, 5.41) is 10.9. The van der Waals surface area contributed by atoms with Crippen LogP contribution in [0.1, 0.15) is 11.7 Å². The number of aliphatic hydroxyl groups is 1. The van der Waals surface area contributed by atoms with Crippen LogP contribution in [0.5, 0.6) is 0 Å². The molecule has 1 aromatic rings. The lowest BCUT2D eigenvalue weighted by molar-refractivity contribution is -0.126. The third-order valence-electron chi connectivity index (χ3n) is 2.90. The van der Waals surface area contributed by atoms with Crippen molar-refractivity contribution >= 4 is 35.1 Å². The van der Waals surface area contributed by atoms with E-state index in [1.807, 2.05) is 0 Å². The highest BCUT2D eigenvalue weighted by atomic mass is 35.5. The zero-order valence-electron chi connectivity index (χ0n) is 10.1. The fraction of sp³-hybridized carbons (Fsp3) is 0.333. The van der Waals surface area contributed by atoms with Gasteiger partial charge in [-0.05, 0) is 18.2 Å². The molecule has 1 aromatic carbocycles. The van der Waals surface area contributed by atoms with Gasteiger partial charge in [0.15, 0.2) is 0 Å². The second-order valence-corrected chi connectivity index (χ2v) is 5.17. The molecule has 0 aliphatic carbocycles. The van der Waals surface area contributed by atoms with E-state index in [0.29, 0.717) is 15.6 Å². The first-order chi connectivity index (χ1) is 8.90. The van der Waals surface area contributed by atoms with Gasteiger partial charge in [0.2, 0.25) is 5.91 Å². The van der Waals surface area contributed by atoms with Gasteiger partial charge in [-0.25, -0.2) is 4.79 Å². The van der Waals surface area contributed by atoms with Crippen LogP contribution in [0.15, 0.2) is 18.2 Å². The van der Waals surface area contributed by atoms with E-state index in [1.54, 1.807) is 12.1 Å². The molecule has 0 spiro atoms. The van der Waals surface area contributed by atoms with Crippen molar-refractivity contribution in [3.63, 3.8) is 0 Å². The molecule has 5 nitrogen and oxygen atoms in total. The summed E-state index contributed by atoms with van der Waals surface area (Å²) in [6.45, 7) is -0.114. The van der Waals surface area contributed by atoms with E-state index in [-0.39, 0.29) is 19.0 Å². The van der Waals surface area contributed by atoms with Gasteiger partial charge >= 0.3 is 6.03 Å². The molecule has 1 atom stereocenters. The van der Waals surface area contributed by atoms with Gasteiger partial charge in [-0.2, -0.15) is 0 Å².